The lowest BCUT2D eigenvalue weighted by Gasteiger charge is -2.21. The van der Waals surface area contributed by atoms with Crippen molar-refractivity contribution >= 4 is 5.57 Å². The van der Waals surface area contributed by atoms with Crippen molar-refractivity contribution in [3.05, 3.63) is 76.9 Å². The number of allylic oxidation sites excluding steroid dienone is 2. The monoisotopic (exact) mass is 312 g/mol. The summed E-state index contributed by atoms with van der Waals surface area (Å²) in [6, 6.07) is 16.9. The summed E-state index contributed by atoms with van der Waals surface area (Å²) in [6.07, 6.45) is 3.95. The van der Waals surface area contributed by atoms with Crippen molar-refractivity contribution in [3.8, 4) is 0 Å². The van der Waals surface area contributed by atoms with E-state index < -0.39 is 5.92 Å². The molecule has 0 N–H and O–H groups in total. The number of benzene rings is 2. The summed E-state index contributed by atoms with van der Waals surface area (Å²) in [5, 5.41) is 0. The molecule has 0 saturated heterocycles. The summed E-state index contributed by atoms with van der Waals surface area (Å²) in [7, 11) is 0. The van der Waals surface area contributed by atoms with Gasteiger partial charge in [-0.05, 0) is 47.1 Å². The lowest BCUT2D eigenvalue weighted by Crippen LogP contribution is -2.18. The highest BCUT2D eigenvalue weighted by Gasteiger charge is 2.30. The predicted octanol–water partition coefficient (Wildman–Crippen LogP) is 6.04. The Morgan fingerprint density at radius 1 is 0.957 bits per heavy atom. The first-order chi connectivity index (χ1) is 11.1. The Hall–Kier alpha value is -1.96. The number of hydrogen-bond acceptors (Lipinski definition) is 0. The normalized spacial score (nSPS) is 16.9. The minimum Gasteiger partial charge on any atom is -0.207 e. The van der Waals surface area contributed by atoms with Crippen molar-refractivity contribution in [2.75, 3.05) is 0 Å². The molecule has 0 aliphatic heterocycles. The first-order valence-corrected chi connectivity index (χ1v) is 8.30. The van der Waals surface area contributed by atoms with E-state index >= 15 is 0 Å². The van der Waals surface area contributed by atoms with Gasteiger partial charge in [-0.3, -0.25) is 0 Å². The fourth-order valence-corrected chi connectivity index (χ4v) is 3.19. The van der Waals surface area contributed by atoms with E-state index in [0.717, 1.165) is 24.0 Å². The minimum atomic E-state index is -2.52. The third-order valence-electron chi connectivity index (χ3n) is 4.63. The lowest BCUT2D eigenvalue weighted by atomic mass is 9.90. The Morgan fingerprint density at radius 2 is 1.65 bits per heavy atom. The molecule has 0 spiro atoms. The fraction of sp³-hybridized carbons (Fsp3) is 0.333. The van der Waals surface area contributed by atoms with Gasteiger partial charge in [-0.2, -0.15) is 0 Å². The van der Waals surface area contributed by atoms with E-state index in [0.29, 0.717) is 6.42 Å². The first kappa shape index (κ1) is 15.9. The summed E-state index contributed by atoms with van der Waals surface area (Å²) in [4.78, 5) is 0. The maximum atomic E-state index is 13.2. The van der Waals surface area contributed by atoms with Crippen molar-refractivity contribution in [1.29, 1.82) is 0 Å². The van der Waals surface area contributed by atoms with E-state index in [1.165, 1.54) is 16.7 Å². The Bertz CT molecular complexity index is 696. The van der Waals surface area contributed by atoms with Crippen molar-refractivity contribution in [2.24, 2.45) is 0 Å². The maximum Gasteiger partial charge on any atom is 0.251 e. The van der Waals surface area contributed by atoms with Crippen LogP contribution >= 0.6 is 0 Å². The van der Waals surface area contributed by atoms with Crippen LogP contribution in [0.5, 0.6) is 0 Å². The molecular weight excluding hydrogens is 290 g/mol. The molecule has 23 heavy (non-hydrogen) atoms. The Kier molecular flexibility index (Phi) is 4.61. The average Bonchev–Trinajstić information content (AvgIpc) is 2.56. The molecule has 0 heterocycles. The van der Waals surface area contributed by atoms with E-state index in [1.807, 2.05) is 0 Å². The molecule has 2 aromatic rings. The molecule has 2 aromatic carbocycles. The maximum absolute atomic E-state index is 13.2. The van der Waals surface area contributed by atoms with Gasteiger partial charge < -0.3 is 0 Å². The molecule has 1 aliphatic carbocycles. The van der Waals surface area contributed by atoms with Crippen LogP contribution in [0.1, 0.15) is 48.4 Å². The second-order valence-electron chi connectivity index (χ2n) is 6.29. The van der Waals surface area contributed by atoms with Gasteiger partial charge in [0.2, 0.25) is 0 Å². The van der Waals surface area contributed by atoms with Gasteiger partial charge in [-0.25, -0.2) is 8.78 Å². The molecule has 0 fully saturated rings. The number of halogens is 2. The SMILES string of the molecule is CCc1ccccc1Cc1ccc(C2=CCC(F)(F)CC2)cc1. The highest BCUT2D eigenvalue weighted by atomic mass is 19.3. The summed E-state index contributed by atoms with van der Waals surface area (Å²) >= 11 is 0. The van der Waals surface area contributed by atoms with Gasteiger partial charge >= 0.3 is 0 Å². The molecule has 0 atom stereocenters. The van der Waals surface area contributed by atoms with E-state index in [9.17, 15) is 8.78 Å². The van der Waals surface area contributed by atoms with Crippen LogP contribution < -0.4 is 0 Å². The lowest BCUT2D eigenvalue weighted by molar-refractivity contribution is -0.00602. The third-order valence-corrected chi connectivity index (χ3v) is 4.63. The molecule has 2 heteroatoms. The zero-order valence-electron chi connectivity index (χ0n) is 13.5. The minimum absolute atomic E-state index is 0.0372. The van der Waals surface area contributed by atoms with E-state index in [-0.39, 0.29) is 12.8 Å². The van der Waals surface area contributed by atoms with Crippen molar-refractivity contribution < 1.29 is 8.78 Å². The van der Waals surface area contributed by atoms with Gasteiger partial charge in [-0.1, -0.05) is 61.5 Å². The van der Waals surface area contributed by atoms with Crippen LogP contribution in [-0.4, -0.2) is 5.92 Å². The van der Waals surface area contributed by atoms with Crippen LogP contribution in [0.3, 0.4) is 0 Å². The number of rotatable bonds is 4. The van der Waals surface area contributed by atoms with Crippen LogP contribution in [0.2, 0.25) is 0 Å². The number of alkyl halides is 2. The van der Waals surface area contributed by atoms with Crippen molar-refractivity contribution in [2.45, 2.75) is 45.0 Å². The summed E-state index contributed by atoms with van der Waals surface area (Å²) in [5.74, 6) is -2.52. The molecular formula is C21H22F2. The van der Waals surface area contributed by atoms with E-state index in [4.69, 9.17) is 0 Å². The van der Waals surface area contributed by atoms with Gasteiger partial charge in [0, 0.05) is 12.8 Å². The molecule has 0 amide bonds. The molecule has 120 valence electrons. The number of aryl methyl sites for hydroxylation is 1. The fourth-order valence-electron chi connectivity index (χ4n) is 3.19. The highest BCUT2D eigenvalue weighted by molar-refractivity contribution is 5.66. The zero-order valence-corrected chi connectivity index (χ0v) is 13.5. The second-order valence-corrected chi connectivity index (χ2v) is 6.29. The molecule has 0 nitrogen and oxygen atoms in total. The molecule has 0 saturated carbocycles. The quantitative estimate of drug-likeness (QED) is 0.645. The molecule has 0 unspecified atom stereocenters. The Morgan fingerprint density at radius 3 is 2.26 bits per heavy atom. The Balaban J connectivity index is 1.74. The van der Waals surface area contributed by atoms with Crippen molar-refractivity contribution in [3.63, 3.8) is 0 Å². The topological polar surface area (TPSA) is 0 Å². The van der Waals surface area contributed by atoms with E-state index in [1.54, 1.807) is 6.08 Å². The van der Waals surface area contributed by atoms with Gasteiger partial charge in [-0.15, -0.1) is 0 Å². The van der Waals surface area contributed by atoms with Crippen LogP contribution in [0.15, 0.2) is 54.6 Å². The summed E-state index contributed by atoms with van der Waals surface area (Å²) in [5.41, 5.74) is 6.13. The molecule has 1 aliphatic rings. The van der Waals surface area contributed by atoms with Crippen LogP contribution in [-0.2, 0) is 12.8 Å². The smallest absolute Gasteiger partial charge is 0.207 e. The summed E-state index contributed by atoms with van der Waals surface area (Å²) < 4.78 is 26.5. The predicted molar refractivity (Wildman–Crippen MR) is 91.8 cm³/mol. The largest absolute Gasteiger partial charge is 0.251 e. The van der Waals surface area contributed by atoms with Gasteiger partial charge in [0.05, 0.1) is 0 Å². The van der Waals surface area contributed by atoms with Crippen LogP contribution in [0.4, 0.5) is 8.78 Å². The highest BCUT2D eigenvalue weighted by Crippen LogP contribution is 2.36. The Labute approximate surface area is 136 Å². The van der Waals surface area contributed by atoms with Gasteiger partial charge in [0.15, 0.2) is 0 Å². The number of hydrogen-bond donors (Lipinski definition) is 0. The zero-order chi connectivity index (χ0) is 16.3. The second kappa shape index (κ2) is 6.66. The molecule has 0 aromatic heterocycles. The van der Waals surface area contributed by atoms with Crippen LogP contribution in [0, 0.1) is 0 Å². The van der Waals surface area contributed by atoms with Gasteiger partial charge in [0.1, 0.15) is 0 Å². The molecule has 3 rings (SSSR count). The first-order valence-electron chi connectivity index (χ1n) is 8.30. The standard InChI is InChI=1S/C21H22F2/c1-2-17-5-3-4-6-20(17)15-16-7-9-18(10-8-16)19-11-13-21(22,23)14-12-19/h3-11H,2,12-15H2,1H3. The third kappa shape index (κ3) is 3.87. The molecule has 0 radical (unpaired) electrons. The average molecular weight is 312 g/mol. The van der Waals surface area contributed by atoms with Crippen LogP contribution in [0.25, 0.3) is 5.57 Å². The van der Waals surface area contributed by atoms with Gasteiger partial charge in [0.25, 0.3) is 5.92 Å². The molecule has 0 bridgehead atoms. The van der Waals surface area contributed by atoms with E-state index in [2.05, 4.69) is 55.5 Å². The summed E-state index contributed by atoms with van der Waals surface area (Å²) in [6.45, 7) is 2.17. The van der Waals surface area contributed by atoms with Crippen molar-refractivity contribution in [1.82, 2.24) is 0 Å².